The van der Waals surface area contributed by atoms with Crippen molar-refractivity contribution in [1.82, 2.24) is 0 Å². The van der Waals surface area contributed by atoms with Gasteiger partial charge in [-0.25, -0.2) is 0 Å². The zero-order valence-corrected chi connectivity index (χ0v) is 20.0. The highest BCUT2D eigenvalue weighted by atomic mass is 16.5. The van der Waals surface area contributed by atoms with Gasteiger partial charge in [0.05, 0.1) is 12.0 Å². The lowest BCUT2D eigenvalue weighted by Crippen LogP contribution is -2.38. The van der Waals surface area contributed by atoms with Crippen LogP contribution in [0.2, 0.25) is 0 Å². The van der Waals surface area contributed by atoms with Crippen molar-refractivity contribution in [3.63, 3.8) is 0 Å². The van der Waals surface area contributed by atoms with Gasteiger partial charge in [-0.05, 0) is 33.8 Å². The van der Waals surface area contributed by atoms with Gasteiger partial charge in [0.1, 0.15) is 22.7 Å². The smallest absolute Gasteiger partial charge is 0.195 e. The molecule has 2 aliphatic heterocycles. The molecule has 5 nitrogen and oxygen atoms in total. The maximum absolute atomic E-state index is 14.0. The Balaban J connectivity index is 1.73. The van der Waals surface area contributed by atoms with E-state index in [0.29, 0.717) is 39.3 Å². The van der Waals surface area contributed by atoms with Gasteiger partial charge < -0.3 is 9.47 Å². The molecular formula is C30H24O5. The third-order valence-electron chi connectivity index (χ3n) is 6.79. The molecule has 0 spiro atoms. The first-order valence-corrected chi connectivity index (χ1v) is 11.7. The highest BCUT2D eigenvalue weighted by Gasteiger charge is 2.46. The summed E-state index contributed by atoms with van der Waals surface area (Å²) in [5.74, 6) is 0.0205. The Bertz CT molecular complexity index is 1510. The number of carbonyl (C=O) groups excluding carboxylic acids is 3. The van der Waals surface area contributed by atoms with Crippen molar-refractivity contribution in [2.75, 3.05) is 0 Å². The number of Topliss-reactive ketones (excluding diaryl/α,β-unsaturated/α-hetero) is 3. The van der Waals surface area contributed by atoms with E-state index in [1.54, 1.807) is 30.3 Å². The van der Waals surface area contributed by atoms with Gasteiger partial charge in [0.2, 0.25) is 0 Å². The second kappa shape index (κ2) is 7.01. The maximum atomic E-state index is 14.0. The molecule has 0 fully saturated rings. The molecule has 0 N–H and O–H groups in total. The monoisotopic (exact) mass is 464 g/mol. The Morgan fingerprint density at radius 1 is 0.657 bits per heavy atom. The standard InChI is InChI=1S/C30H24O5/c1-29(2)14-13-20-22(25(32)16-9-5-7-11-18(16)27(20)34-29)24-23-21(31)15-30(3,4)35-28(23)19-12-8-6-10-17(19)26(24)33/h5-14H,15H2,1-4H3. The molecule has 2 aliphatic carbocycles. The molecule has 0 radical (unpaired) electrons. The van der Waals surface area contributed by atoms with Crippen LogP contribution in [0.3, 0.4) is 0 Å². The minimum Gasteiger partial charge on any atom is -0.486 e. The van der Waals surface area contributed by atoms with E-state index in [4.69, 9.17) is 9.47 Å². The first-order valence-electron chi connectivity index (χ1n) is 11.7. The molecule has 174 valence electrons. The van der Waals surface area contributed by atoms with E-state index in [9.17, 15) is 14.4 Å². The van der Waals surface area contributed by atoms with E-state index < -0.39 is 11.2 Å². The zero-order valence-electron chi connectivity index (χ0n) is 20.0. The summed E-state index contributed by atoms with van der Waals surface area (Å²) < 4.78 is 12.7. The van der Waals surface area contributed by atoms with E-state index >= 15 is 0 Å². The van der Waals surface area contributed by atoms with Crippen LogP contribution in [-0.2, 0) is 14.3 Å². The Morgan fingerprint density at radius 3 is 1.83 bits per heavy atom. The van der Waals surface area contributed by atoms with E-state index in [0.717, 1.165) is 0 Å². The molecule has 0 bridgehead atoms. The van der Waals surface area contributed by atoms with Gasteiger partial charge in [-0.15, -0.1) is 0 Å². The van der Waals surface area contributed by atoms with Crippen molar-refractivity contribution in [2.45, 2.75) is 45.3 Å². The predicted molar refractivity (Wildman–Crippen MR) is 132 cm³/mol. The lowest BCUT2D eigenvalue weighted by molar-refractivity contribution is -0.120. The molecule has 0 saturated heterocycles. The summed E-state index contributed by atoms with van der Waals surface area (Å²) in [5, 5.41) is 0. The van der Waals surface area contributed by atoms with Crippen molar-refractivity contribution in [3.8, 4) is 0 Å². The largest absolute Gasteiger partial charge is 0.486 e. The number of ether oxygens (including phenoxy) is 2. The van der Waals surface area contributed by atoms with Gasteiger partial charge in [0, 0.05) is 39.0 Å². The molecule has 0 aromatic heterocycles. The molecule has 0 amide bonds. The van der Waals surface area contributed by atoms with Crippen LogP contribution in [0.25, 0.3) is 11.5 Å². The SMILES string of the molecule is CC1(C)C=CC2=C(O1)c1ccccc1C(=O)C2=C1C(=O)c2ccccc2C2=C1C(=O)CC(C)(C)O2. The number of fused-ring (bicyclic) bond motifs is 4. The fourth-order valence-corrected chi connectivity index (χ4v) is 5.27. The van der Waals surface area contributed by atoms with Gasteiger partial charge in [0.25, 0.3) is 0 Å². The Morgan fingerprint density at radius 2 is 1.20 bits per heavy atom. The minimum atomic E-state index is -0.731. The average Bonchev–Trinajstić information content (AvgIpc) is 2.81. The van der Waals surface area contributed by atoms with Gasteiger partial charge in [0.15, 0.2) is 17.3 Å². The number of allylic oxidation sites excluding steroid dienone is 5. The summed E-state index contributed by atoms with van der Waals surface area (Å²) in [5.41, 5.74) is 1.77. The Kier molecular flexibility index (Phi) is 4.32. The van der Waals surface area contributed by atoms with E-state index in [1.807, 2.05) is 58.0 Å². The third-order valence-corrected chi connectivity index (χ3v) is 6.79. The molecule has 2 heterocycles. The second-order valence-electron chi connectivity index (χ2n) is 10.4. The molecule has 35 heavy (non-hydrogen) atoms. The molecule has 6 rings (SSSR count). The summed E-state index contributed by atoms with van der Waals surface area (Å²) in [6.45, 7) is 7.57. The number of hydrogen-bond donors (Lipinski definition) is 0. The van der Waals surface area contributed by atoms with Crippen LogP contribution < -0.4 is 0 Å². The zero-order chi connectivity index (χ0) is 24.7. The van der Waals surface area contributed by atoms with Gasteiger partial charge in [-0.2, -0.15) is 0 Å². The Hall–Kier alpha value is -3.99. The molecule has 2 aromatic carbocycles. The van der Waals surface area contributed by atoms with E-state index in [2.05, 4.69) is 0 Å². The average molecular weight is 465 g/mol. The van der Waals surface area contributed by atoms with Crippen LogP contribution >= 0.6 is 0 Å². The van der Waals surface area contributed by atoms with Crippen LogP contribution in [0.4, 0.5) is 0 Å². The van der Waals surface area contributed by atoms with Gasteiger partial charge >= 0.3 is 0 Å². The van der Waals surface area contributed by atoms with Crippen LogP contribution in [0.15, 0.2) is 83.0 Å². The second-order valence-corrected chi connectivity index (χ2v) is 10.4. The fourth-order valence-electron chi connectivity index (χ4n) is 5.27. The van der Waals surface area contributed by atoms with Crippen LogP contribution in [0, 0.1) is 0 Å². The highest BCUT2D eigenvalue weighted by Crippen LogP contribution is 2.48. The van der Waals surface area contributed by atoms with Crippen LogP contribution in [-0.4, -0.2) is 28.6 Å². The third kappa shape index (κ3) is 3.11. The summed E-state index contributed by atoms with van der Waals surface area (Å²) >= 11 is 0. The van der Waals surface area contributed by atoms with Gasteiger partial charge in [-0.3, -0.25) is 14.4 Å². The summed E-state index contributed by atoms with van der Waals surface area (Å²) in [7, 11) is 0. The number of ketones is 3. The number of benzene rings is 2. The molecule has 0 saturated carbocycles. The normalized spacial score (nSPS) is 23.7. The van der Waals surface area contributed by atoms with Crippen molar-refractivity contribution in [2.24, 2.45) is 0 Å². The Labute approximate surface area is 203 Å². The van der Waals surface area contributed by atoms with E-state index in [1.165, 1.54) is 0 Å². The van der Waals surface area contributed by atoms with Crippen molar-refractivity contribution in [3.05, 3.63) is 105 Å². The molecule has 4 aliphatic rings. The quantitative estimate of drug-likeness (QED) is 0.473. The lowest BCUT2D eigenvalue weighted by Gasteiger charge is -2.38. The maximum Gasteiger partial charge on any atom is 0.195 e. The van der Waals surface area contributed by atoms with Crippen molar-refractivity contribution < 1.29 is 23.9 Å². The van der Waals surface area contributed by atoms with Crippen molar-refractivity contribution in [1.29, 1.82) is 0 Å². The number of hydrogen-bond acceptors (Lipinski definition) is 5. The summed E-state index contributed by atoms with van der Waals surface area (Å²) in [4.78, 5) is 41.6. The molecule has 0 unspecified atom stereocenters. The van der Waals surface area contributed by atoms with Crippen molar-refractivity contribution >= 4 is 28.9 Å². The number of carbonyl (C=O) groups is 3. The molecule has 0 atom stereocenters. The highest BCUT2D eigenvalue weighted by molar-refractivity contribution is 6.32. The topological polar surface area (TPSA) is 69.7 Å². The molecule has 2 aromatic rings. The summed E-state index contributed by atoms with van der Waals surface area (Å²) in [6.07, 6.45) is 3.81. The number of rotatable bonds is 0. The van der Waals surface area contributed by atoms with E-state index in [-0.39, 0.29) is 40.5 Å². The molecule has 5 heteroatoms. The van der Waals surface area contributed by atoms with Crippen LogP contribution in [0.1, 0.15) is 66.0 Å². The first kappa shape index (κ1) is 21.5. The predicted octanol–water partition coefficient (Wildman–Crippen LogP) is 5.63. The minimum absolute atomic E-state index is 0.0964. The fraction of sp³-hybridized carbons (Fsp3) is 0.233. The van der Waals surface area contributed by atoms with Gasteiger partial charge in [-0.1, -0.05) is 54.6 Å². The summed E-state index contributed by atoms with van der Waals surface area (Å²) in [6, 6.07) is 14.3. The first-order chi connectivity index (χ1) is 16.6. The van der Waals surface area contributed by atoms with Crippen LogP contribution in [0.5, 0.6) is 0 Å². The molecular weight excluding hydrogens is 440 g/mol. The lowest BCUT2D eigenvalue weighted by atomic mass is 9.73.